The lowest BCUT2D eigenvalue weighted by atomic mass is 10.0. The van der Waals surface area contributed by atoms with E-state index in [0.29, 0.717) is 13.0 Å². The third-order valence-corrected chi connectivity index (χ3v) is 2.91. The molecule has 1 rings (SSSR count). The lowest BCUT2D eigenvalue weighted by molar-refractivity contribution is -0.163. The number of hydrogen-bond acceptors (Lipinski definition) is 2. The fourth-order valence-corrected chi connectivity index (χ4v) is 1.99. The number of amides is 1. The Labute approximate surface area is 93.0 Å². The highest BCUT2D eigenvalue weighted by Gasteiger charge is 2.37. The predicted molar refractivity (Wildman–Crippen MR) is 53.9 cm³/mol. The second-order valence-corrected chi connectivity index (χ2v) is 4.11. The Morgan fingerprint density at radius 1 is 1.50 bits per heavy atom. The summed E-state index contributed by atoms with van der Waals surface area (Å²) in [5.74, 6) is -0.709. The van der Waals surface area contributed by atoms with E-state index in [0.717, 1.165) is 4.90 Å². The number of halogens is 3. The van der Waals surface area contributed by atoms with E-state index >= 15 is 0 Å². The molecule has 2 unspecified atom stereocenters. The van der Waals surface area contributed by atoms with Crippen LogP contribution in [0.4, 0.5) is 13.2 Å². The molecule has 0 spiro atoms. The molecule has 0 aliphatic carbocycles. The van der Waals surface area contributed by atoms with E-state index in [1.807, 2.05) is 6.92 Å². The quantitative estimate of drug-likeness (QED) is 0.806. The monoisotopic (exact) mass is 238 g/mol. The molecule has 1 aliphatic heterocycles. The molecule has 1 N–H and O–H groups in total. The van der Waals surface area contributed by atoms with Crippen molar-refractivity contribution in [3.05, 3.63) is 0 Å². The fourth-order valence-electron chi connectivity index (χ4n) is 1.99. The van der Waals surface area contributed by atoms with Gasteiger partial charge in [0.1, 0.15) is 6.54 Å². The van der Waals surface area contributed by atoms with Gasteiger partial charge in [-0.25, -0.2) is 0 Å². The zero-order valence-electron chi connectivity index (χ0n) is 9.47. The molecule has 16 heavy (non-hydrogen) atoms. The Bertz CT molecular complexity index is 255. The fraction of sp³-hybridized carbons (Fsp3) is 0.900. The summed E-state index contributed by atoms with van der Waals surface area (Å²) in [6.07, 6.45) is -3.70. The maximum atomic E-state index is 12.2. The van der Waals surface area contributed by atoms with Crippen molar-refractivity contribution in [3.63, 3.8) is 0 Å². The van der Waals surface area contributed by atoms with Crippen molar-refractivity contribution in [2.24, 2.45) is 5.92 Å². The van der Waals surface area contributed by atoms with Crippen LogP contribution in [-0.4, -0.2) is 42.7 Å². The van der Waals surface area contributed by atoms with Gasteiger partial charge in [0.2, 0.25) is 5.91 Å². The molecule has 0 aromatic carbocycles. The molecular formula is C10H17F3N2O. The minimum absolute atomic E-state index is 0.0326. The van der Waals surface area contributed by atoms with Crippen LogP contribution in [0.5, 0.6) is 0 Å². The van der Waals surface area contributed by atoms with Gasteiger partial charge in [-0.3, -0.25) is 4.79 Å². The van der Waals surface area contributed by atoms with Crippen molar-refractivity contribution < 1.29 is 18.0 Å². The average molecular weight is 238 g/mol. The van der Waals surface area contributed by atoms with Crippen LogP contribution in [-0.2, 0) is 4.79 Å². The van der Waals surface area contributed by atoms with E-state index < -0.39 is 18.6 Å². The van der Waals surface area contributed by atoms with Crippen molar-refractivity contribution in [1.82, 2.24) is 10.2 Å². The van der Waals surface area contributed by atoms with E-state index in [1.165, 1.54) is 0 Å². The summed E-state index contributed by atoms with van der Waals surface area (Å²) in [6, 6.07) is -0.0326. The van der Waals surface area contributed by atoms with Gasteiger partial charge in [0, 0.05) is 12.6 Å². The first-order valence-corrected chi connectivity index (χ1v) is 5.44. The molecule has 1 saturated heterocycles. The van der Waals surface area contributed by atoms with E-state index in [-0.39, 0.29) is 18.5 Å². The Morgan fingerprint density at radius 3 is 2.50 bits per heavy atom. The summed E-state index contributed by atoms with van der Waals surface area (Å²) in [5, 5.41) is 3.06. The van der Waals surface area contributed by atoms with Gasteiger partial charge in [-0.05, 0) is 26.8 Å². The van der Waals surface area contributed by atoms with Gasteiger partial charge in [-0.2, -0.15) is 13.2 Å². The summed E-state index contributed by atoms with van der Waals surface area (Å²) < 4.78 is 36.7. The highest BCUT2D eigenvalue weighted by Crippen LogP contribution is 2.22. The van der Waals surface area contributed by atoms with Gasteiger partial charge in [0.25, 0.3) is 0 Å². The zero-order valence-corrected chi connectivity index (χ0v) is 9.47. The summed E-state index contributed by atoms with van der Waals surface area (Å²) in [6.45, 7) is 3.04. The summed E-state index contributed by atoms with van der Waals surface area (Å²) in [7, 11) is 0. The number of carbonyl (C=O) groups excluding carboxylic acids is 1. The molecule has 6 heteroatoms. The van der Waals surface area contributed by atoms with E-state index in [4.69, 9.17) is 0 Å². The normalized spacial score (nSPS) is 25.8. The topological polar surface area (TPSA) is 32.3 Å². The first-order chi connectivity index (χ1) is 7.35. The van der Waals surface area contributed by atoms with Crippen LogP contribution in [0.3, 0.4) is 0 Å². The van der Waals surface area contributed by atoms with Gasteiger partial charge < -0.3 is 10.2 Å². The Kier molecular flexibility index (Phi) is 4.18. The second-order valence-electron chi connectivity index (χ2n) is 4.11. The summed E-state index contributed by atoms with van der Waals surface area (Å²) in [4.78, 5) is 12.7. The third-order valence-electron chi connectivity index (χ3n) is 2.91. The molecule has 1 fully saturated rings. The first kappa shape index (κ1) is 13.3. The van der Waals surface area contributed by atoms with Crippen LogP contribution in [0.2, 0.25) is 0 Å². The average Bonchev–Trinajstić information content (AvgIpc) is 2.58. The maximum Gasteiger partial charge on any atom is 0.406 e. The second kappa shape index (κ2) is 5.03. The Morgan fingerprint density at radius 2 is 2.12 bits per heavy atom. The van der Waals surface area contributed by atoms with Crippen LogP contribution in [0.25, 0.3) is 0 Å². The van der Waals surface area contributed by atoms with Crippen LogP contribution in [0.15, 0.2) is 0 Å². The number of hydrogen-bond donors (Lipinski definition) is 1. The minimum atomic E-state index is -4.32. The van der Waals surface area contributed by atoms with E-state index in [9.17, 15) is 18.0 Å². The minimum Gasteiger partial charge on any atom is -0.334 e. The molecule has 2 atom stereocenters. The largest absolute Gasteiger partial charge is 0.406 e. The van der Waals surface area contributed by atoms with Crippen LogP contribution in [0.1, 0.15) is 20.3 Å². The molecule has 0 radical (unpaired) electrons. The number of nitrogens with zero attached hydrogens (tertiary/aromatic N) is 1. The van der Waals surface area contributed by atoms with Gasteiger partial charge in [-0.15, -0.1) is 0 Å². The van der Waals surface area contributed by atoms with Gasteiger partial charge in [0.05, 0.1) is 5.92 Å². The van der Waals surface area contributed by atoms with Crippen molar-refractivity contribution in [2.45, 2.75) is 32.5 Å². The SMILES string of the molecule is CCN(CC(F)(F)F)C(=O)C1CCNC1C. The molecule has 94 valence electrons. The highest BCUT2D eigenvalue weighted by atomic mass is 19.4. The Hall–Kier alpha value is -0.780. The maximum absolute atomic E-state index is 12.2. The molecule has 1 aliphatic rings. The molecule has 0 bridgehead atoms. The molecule has 0 aromatic rings. The highest BCUT2D eigenvalue weighted by molar-refractivity contribution is 5.80. The number of nitrogens with one attached hydrogen (secondary N) is 1. The zero-order chi connectivity index (χ0) is 12.3. The van der Waals surface area contributed by atoms with Crippen LogP contribution in [0, 0.1) is 5.92 Å². The molecule has 0 saturated carbocycles. The molecular weight excluding hydrogens is 221 g/mol. The van der Waals surface area contributed by atoms with Gasteiger partial charge in [-0.1, -0.05) is 0 Å². The summed E-state index contributed by atoms with van der Waals surface area (Å²) >= 11 is 0. The predicted octanol–water partition coefficient (Wildman–Crippen LogP) is 1.40. The van der Waals surface area contributed by atoms with Crippen molar-refractivity contribution in [3.8, 4) is 0 Å². The lowest BCUT2D eigenvalue weighted by Gasteiger charge is -2.26. The van der Waals surface area contributed by atoms with Crippen LogP contribution < -0.4 is 5.32 Å². The number of carbonyl (C=O) groups is 1. The van der Waals surface area contributed by atoms with Crippen LogP contribution >= 0.6 is 0 Å². The van der Waals surface area contributed by atoms with Crippen molar-refractivity contribution >= 4 is 5.91 Å². The van der Waals surface area contributed by atoms with Gasteiger partial charge in [0.15, 0.2) is 0 Å². The first-order valence-electron chi connectivity index (χ1n) is 5.44. The van der Waals surface area contributed by atoms with Crippen molar-refractivity contribution in [1.29, 1.82) is 0 Å². The summed E-state index contributed by atoms with van der Waals surface area (Å²) in [5.41, 5.74) is 0. The molecule has 0 aromatic heterocycles. The molecule has 3 nitrogen and oxygen atoms in total. The third kappa shape index (κ3) is 3.37. The molecule has 1 amide bonds. The number of rotatable bonds is 3. The van der Waals surface area contributed by atoms with E-state index in [2.05, 4.69) is 5.32 Å². The van der Waals surface area contributed by atoms with Gasteiger partial charge >= 0.3 is 6.18 Å². The smallest absolute Gasteiger partial charge is 0.334 e. The standard InChI is InChI=1S/C10H17F3N2O/c1-3-15(6-10(11,12)13)9(16)8-4-5-14-7(8)2/h7-8,14H,3-6H2,1-2H3. The molecule has 1 heterocycles. The van der Waals surface area contributed by atoms with E-state index in [1.54, 1.807) is 6.92 Å². The number of alkyl halides is 3. The Balaban J connectivity index is 2.62. The van der Waals surface area contributed by atoms with Crippen molar-refractivity contribution in [2.75, 3.05) is 19.6 Å². The lowest BCUT2D eigenvalue weighted by Crippen LogP contribution is -2.44.